The van der Waals surface area contributed by atoms with Crippen molar-refractivity contribution in [1.29, 1.82) is 0 Å². The lowest BCUT2D eigenvalue weighted by atomic mass is 9.96. The molecule has 0 spiro atoms. The quantitative estimate of drug-likeness (QED) is 0.841. The van der Waals surface area contributed by atoms with Gasteiger partial charge in [0.05, 0.1) is 5.69 Å². The molecule has 1 saturated heterocycles. The largest absolute Gasteiger partial charge is 0.351 e. The highest BCUT2D eigenvalue weighted by Crippen LogP contribution is 2.24. The summed E-state index contributed by atoms with van der Waals surface area (Å²) in [6, 6.07) is 1.84. The van der Waals surface area contributed by atoms with Crippen LogP contribution in [0.15, 0.2) is 10.6 Å². The van der Waals surface area contributed by atoms with Crippen molar-refractivity contribution in [3.05, 3.63) is 17.5 Å². The Morgan fingerprint density at radius 1 is 1.36 bits per heavy atom. The van der Waals surface area contributed by atoms with Crippen molar-refractivity contribution in [3.63, 3.8) is 0 Å². The Kier molecular flexibility index (Phi) is 6.43. The third-order valence-corrected chi connectivity index (χ3v) is 4.73. The van der Waals surface area contributed by atoms with Crippen LogP contribution in [0.5, 0.6) is 0 Å². The number of aromatic nitrogens is 1. The van der Waals surface area contributed by atoms with E-state index in [2.05, 4.69) is 31.2 Å². The number of piperidine rings is 1. The van der Waals surface area contributed by atoms with Gasteiger partial charge in [0.15, 0.2) is 0 Å². The van der Waals surface area contributed by atoms with E-state index in [-0.39, 0.29) is 5.91 Å². The van der Waals surface area contributed by atoms with Gasteiger partial charge in [0.1, 0.15) is 0 Å². The Morgan fingerprint density at radius 3 is 2.64 bits per heavy atom. The fourth-order valence-corrected chi connectivity index (χ4v) is 3.13. The zero-order valence-corrected chi connectivity index (χ0v) is 14.1. The maximum atomic E-state index is 12.5. The molecule has 2 heterocycles. The first-order valence-electron chi connectivity index (χ1n) is 8.66. The molecule has 0 aliphatic carbocycles. The van der Waals surface area contributed by atoms with E-state index in [0.29, 0.717) is 17.6 Å². The van der Waals surface area contributed by atoms with Crippen LogP contribution in [0.25, 0.3) is 0 Å². The second kappa shape index (κ2) is 8.32. The number of nitrogens with zero attached hydrogens (tertiary/aromatic N) is 2. The summed E-state index contributed by atoms with van der Waals surface area (Å²) in [6.45, 7) is 10.1. The molecule has 124 valence electrons. The van der Waals surface area contributed by atoms with Crippen molar-refractivity contribution >= 4 is 5.91 Å². The van der Waals surface area contributed by atoms with Crippen molar-refractivity contribution < 1.29 is 9.32 Å². The number of hydrogen-bond donors (Lipinski definition) is 1. The number of hydrogen-bond acceptors (Lipinski definition) is 4. The minimum absolute atomic E-state index is 0.00777. The third-order valence-electron chi connectivity index (χ3n) is 4.73. The monoisotopic (exact) mass is 307 g/mol. The first kappa shape index (κ1) is 17.0. The molecule has 2 rings (SSSR count). The van der Waals surface area contributed by atoms with E-state index >= 15 is 0 Å². The molecule has 1 amide bonds. The summed E-state index contributed by atoms with van der Waals surface area (Å²) < 4.78 is 5.30. The van der Waals surface area contributed by atoms with E-state index in [0.717, 1.165) is 57.6 Å². The maximum absolute atomic E-state index is 12.5. The van der Waals surface area contributed by atoms with Gasteiger partial charge in [0.25, 0.3) is 5.91 Å². The predicted octanol–water partition coefficient (Wildman–Crippen LogP) is 3.04. The molecule has 0 radical (unpaired) electrons. The van der Waals surface area contributed by atoms with Gasteiger partial charge >= 0.3 is 0 Å². The fraction of sp³-hybridized carbons (Fsp3) is 0.765. The lowest BCUT2D eigenvalue weighted by Crippen LogP contribution is -2.40. The predicted molar refractivity (Wildman–Crippen MR) is 87.0 cm³/mol. The van der Waals surface area contributed by atoms with E-state index < -0.39 is 0 Å². The van der Waals surface area contributed by atoms with Gasteiger partial charge in [0.2, 0.25) is 5.76 Å². The Bertz CT molecular complexity index is 460. The van der Waals surface area contributed by atoms with E-state index in [1.54, 1.807) is 0 Å². The van der Waals surface area contributed by atoms with E-state index in [1.165, 1.54) is 0 Å². The normalized spacial score (nSPS) is 16.5. The van der Waals surface area contributed by atoms with Gasteiger partial charge in [0, 0.05) is 25.1 Å². The zero-order valence-electron chi connectivity index (χ0n) is 14.1. The molecule has 1 fully saturated rings. The third kappa shape index (κ3) is 4.09. The van der Waals surface area contributed by atoms with Crippen LogP contribution in [0.4, 0.5) is 0 Å². The highest BCUT2D eigenvalue weighted by Gasteiger charge is 2.26. The molecular weight excluding hydrogens is 278 g/mol. The second-order valence-electron chi connectivity index (χ2n) is 6.17. The number of amides is 1. The Hall–Kier alpha value is -1.36. The SMILES string of the molecule is CCNCC1CCN(C(=O)c2cc(C(CC)CC)no2)CC1. The van der Waals surface area contributed by atoms with Crippen LogP contribution in [0.3, 0.4) is 0 Å². The number of carbonyl (C=O) groups excluding carboxylic acids is 1. The fourth-order valence-electron chi connectivity index (χ4n) is 3.13. The molecule has 0 atom stereocenters. The molecule has 22 heavy (non-hydrogen) atoms. The van der Waals surface area contributed by atoms with Crippen LogP contribution in [-0.4, -0.2) is 42.1 Å². The van der Waals surface area contributed by atoms with Crippen LogP contribution in [0, 0.1) is 5.92 Å². The Labute approximate surface area is 133 Å². The standard InChI is InChI=1S/C17H29N3O2/c1-4-14(5-2)15-11-16(22-19-15)17(21)20-9-7-13(8-10-20)12-18-6-3/h11,13-14,18H,4-10,12H2,1-3H3. The summed E-state index contributed by atoms with van der Waals surface area (Å²) in [4.78, 5) is 14.4. The first-order chi connectivity index (χ1) is 10.7. The average molecular weight is 307 g/mol. The molecule has 0 aromatic carbocycles. The number of rotatable bonds is 7. The van der Waals surface area contributed by atoms with E-state index in [9.17, 15) is 4.79 Å². The van der Waals surface area contributed by atoms with Crippen molar-refractivity contribution in [2.45, 2.75) is 52.4 Å². The number of carbonyl (C=O) groups is 1. The molecule has 1 aliphatic heterocycles. The molecule has 0 saturated carbocycles. The summed E-state index contributed by atoms with van der Waals surface area (Å²) >= 11 is 0. The average Bonchev–Trinajstić information content (AvgIpc) is 3.04. The van der Waals surface area contributed by atoms with E-state index in [1.807, 2.05) is 11.0 Å². The molecule has 1 aliphatic rings. The van der Waals surface area contributed by atoms with Gasteiger partial charge in [-0.1, -0.05) is 25.9 Å². The second-order valence-corrected chi connectivity index (χ2v) is 6.17. The van der Waals surface area contributed by atoms with Crippen molar-refractivity contribution in [3.8, 4) is 0 Å². The number of nitrogens with one attached hydrogen (secondary N) is 1. The Morgan fingerprint density at radius 2 is 2.05 bits per heavy atom. The maximum Gasteiger partial charge on any atom is 0.292 e. The minimum Gasteiger partial charge on any atom is -0.351 e. The molecular formula is C17H29N3O2. The summed E-state index contributed by atoms with van der Waals surface area (Å²) in [6.07, 6.45) is 4.16. The topological polar surface area (TPSA) is 58.4 Å². The summed E-state index contributed by atoms with van der Waals surface area (Å²) in [5.41, 5.74) is 0.912. The lowest BCUT2D eigenvalue weighted by molar-refractivity contribution is 0.0648. The Balaban J connectivity index is 1.90. The van der Waals surface area contributed by atoms with Gasteiger partial charge in [-0.2, -0.15) is 0 Å². The smallest absolute Gasteiger partial charge is 0.292 e. The highest BCUT2D eigenvalue weighted by atomic mass is 16.5. The molecule has 1 N–H and O–H groups in total. The lowest BCUT2D eigenvalue weighted by Gasteiger charge is -2.31. The van der Waals surface area contributed by atoms with Crippen LogP contribution in [0.1, 0.15) is 68.6 Å². The number of likely N-dealkylation sites (tertiary alicyclic amines) is 1. The van der Waals surface area contributed by atoms with Crippen molar-refractivity contribution in [1.82, 2.24) is 15.4 Å². The van der Waals surface area contributed by atoms with Crippen molar-refractivity contribution in [2.75, 3.05) is 26.2 Å². The van der Waals surface area contributed by atoms with Gasteiger partial charge in [-0.15, -0.1) is 0 Å². The van der Waals surface area contributed by atoms with Gasteiger partial charge in [-0.3, -0.25) is 4.79 Å². The summed E-state index contributed by atoms with van der Waals surface area (Å²) in [7, 11) is 0. The molecule has 0 unspecified atom stereocenters. The molecule has 0 bridgehead atoms. The van der Waals surface area contributed by atoms with Crippen molar-refractivity contribution in [2.24, 2.45) is 5.92 Å². The van der Waals surface area contributed by atoms with E-state index in [4.69, 9.17) is 4.52 Å². The molecule has 1 aromatic rings. The van der Waals surface area contributed by atoms with Gasteiger partial charge in [-0.25, -0.2) is 0 Å². The molecule has 5 heteroatoms. The summed E-state index contributed by atoms with van der Waals surface area (Å²) in [5, 5.41) is 7.49. The van der Waals surface area contributed by atoms with Crippen LogP contribution in [0.2, 0.25) is 0 Å². The minimum atomic E-state index is -0.00777. The zero-order chi connectivity index (χ0) is 15.9. The van der Waals surface area contributed by atoms with Gasteiger partial charge in [-0.05, 0) is 44.7 Å². The van der Waals surface area contributed by atoms with Crippen LogP contribution in [-0.2, 0) is 0 Å². The molecule has 5 nitrogen and oxygen atoms in total. The highest BCUT2D eigenvalue weighted by molar-refractivity contribution is 5.91. The van der Waals surface area contributed by atoms with Crippen LogP contribution >= 0.6 is 0 Å². The van der Waals surface area contributed by atoms with Gasteiger partial charge < -0.3 is 14.7 Å². The first-order valence-corrected chi connectivity index (χ1v) is 8.66. The van der Waals surface area contributed by atoms with Crippen LogP contribution < -0.4 is 5.32 Å². The molecule has 1 aromatic heterocycles. The summed E-state index contributed by atoms with van der Waals surface area (Å²) in [5.74, 6) is 1.45.